The zero-order chi connectivity index (χ0) is 14.7. The highest BCUT2D eigenvalue weighted by Crippen LogP contribution is 2.57. The molecule has 1 unspecified atom stereocenters. The topological polar surface area (TPSA) is 30.0 Å². The zero-order valence-corrected chi connectivity index (χ0v) is 11.9. The summed E-state index contributed by atoms with van der Waals surface area (Å²) in [4.78, 5) is 17.2. The van der Waals surface area contributed by atoms with E-state index in [1.165, 1.54) is 5.56 Å². The second kappa shape index (κ2) is 3.92. The molecule has 104 valence electrons. The number of pyridine rings is 1. The average molecular weight is 283 g/mol. The summed E-state index contributed by atoms with van der Waals surface area (Å²) in [6.07, 6.45) is 2.33. The van der Waals surface area contributed by atoms with E-state index in [1.807, 2.05) is 36.5 Å². The number of ketones is 1. The summed E-state index contributed by atoms with van der Waals surface area (Å²) in [7, 11) is 0. The molecule has 2 nitrogen and oxygen atoms in total. The van der Waals surface area contributed by atoms with Gasteiger partial charge in [0.15, 0.2) is 5.78 Å². The molecule has 0 saturated heterocycles. The van der Waals surface area contributed by atoms with Crippen LogP contribution in [-0.4, -0.2) is 10.8 Å². The minimum Gasteiger partial charge on any atom is -0.294 e. The first-order valence-electron chi connectivity index (χ1n) is 7.50. The van der Waals surface area contributed by atoms with E-state index in [0.29, 0.717) is 6.42 Å². The summed E-state index contributed by atoms with van der Waals surface area (Å²) in [5, 5.41) is 0. The molecule has 1 atom stereocenters. The molecule has 2 heteroatoms. The fraction of sp³-hybridized carbons (Fsp3) is 0.100. The van der Waals surface area contributed by atoms with Gasteiger partial charge in [-0.05, 0) is 22.8 Å². The van der Waals surface area contributed by atoms with Gasteiger partial charge in [-0.15, -0.1) is 0 Å². The second-order valence-electron chi connectivity index (χ2n) is 6.00. The van der Waals surface area contributed by atoms with Crippen molar-refractivity contribution in [3.63, 3.8) is 0 Å². The van der Waals surface area contributed by atoms with Gasteiger partial charge in [0.05, 0.1) is 11.1 Å². The van der Waals surface area contributed by atoms with Gasteiger partial charge in [0.1, 0.15) is 0 Å². The molecule has 1 heterocycles. The predicted molar refractivity (Wildman–Crippen MR) is 84.9 cm³/mol. The van der Waals surface area contributed by atoms with Gasteiger partial charge in [-0.3, -0.25) is 9.78 Å². The van der Waals surface area contributed by atoms with Crippen LogP contribution in [0.1, 0.15) is 33.5 Å². The van der Waals surface area contributed by atoms with Gasteiger partial charge in [-0.2, -0.15) is 0 Å². The van der Waals surface area contributed by atoms with Gasteiger partial charge in [-0.25, -0.2) is 0 Å². The Balaban J connectivity index is 1.96. The Morgan fingerprint density at radius 1 is 0.773 bits per heavy atom. The Hall–Kier alpha value is -2.74. The van der Waals surface area contributed by atoms with Crippen LogP contribution in [0.3, 0.4) is 0 Å². The number of hydrogen-bond acceptors (Lipinski definition) is 2. The smallest absolute Gasteiger partial charge is 0.164 e. The molecule has 0 aliphatic heterocycles. The van der Waals surface area contributed by atoms with Crippen LogP contribution >= 0.6 is 0 Å². The highest BCUT2D eigenvalue weighted by molar-refractivity contribution is 6.05. The number of carbonyl (C=O) groups excluding carboxylic acids is 1. The SMILES string of the molecule is O=C1CC2(c3ccccc31)c1ccccc1-c1ncccc12. The summed E-state index contributed by atoms with van der Waals surface area (Å²) in [6.45, 7) is 0. The van der Waals surface area contributed by atoms with E-state index in [-0.39, 0.29) is 11.2 Å². The number of nitrogens with zero attached hydrogens (tertiary/aromatic N) is 1. The molecule has 1 spiro atoms. The first kappa shape index (κ1) is 11.9. The molecule has 0 amide bonds. The summed E-state index contributed by atoms with van der Waals surface area (Å²) in [5.41, 5.74) is 6.17. The molecule has 3 aromatic rings. The summed E-state index contributed by atoms with van der Waals surface area (Å²) in [6, 6.07) is 20.5. The molecule has 1 aromatic heterocycles. The molecule has 0 radical (unpaired) electrons. The Morgan fingerprint density at radius 3 is 2.23 bits per heavy atom. The number of hydrogen-bond donors (Lipinski definition) is 0. The highest BCUT2D eigenvalue weighted by atomic mass is 16.1. The van der Waals surface area contributed by atoms with E-state index >= 15 is 0 Å². The van der Waals surface area contributed by atoms with Crippen LogP contribution in [0.15, 0.2) is 66.9 Å². The predicted octanol–water partition coefficient (Wildman–Crippen LogP) is 3.98. The highest BCUT2D eigenvalue weighted by Gasteiger charge is 2.51. The molecule has 5 rings (SSSR count). The average Bonchev–Trinajstić information content (AvgIpc) is 3.04. The van der Waals surface area contributed by atoms with Crippen molar-refractivity contribution in [3.05, 3.63) is 89.1 Å². The van der Waals surface area contributed by atoms with Crippen LogP contribution in [0.5, 0.6) is 0 Å². The van der Waals surface area contributed by atoms with Crippen molar-refractivity contribution in [2.24, 2.45) is 0 Å². The third kappa shape index (κ3) is 1.22. The lowest BCUT2D eigenvalue weighted by molar-refractivity contribution is 0.0984. The number of carbonyl (C=O) groups is 1. The molecular formula is C20H13NO. The molecule has 2 aliphatic carbocycles. The molecule has 2 aromatic carbocycles. The number of Topliss-reactive ketones (excluding diaryl/α,β-unsaturated/α-hetero) is 1. The van der Waals surface area contributed by atoms with Crippen molar-refractivity contribution in [1.29, 1.82) is 0 Å². The van der Waals surface area contributed by atoms with Crippen molar-refractivity contribution in [2.45, 2.75) is 11.8 Å². The first-order chi connectivity index (χ1) is 10.8. The van der Waals surface area contributed by atoms with Crippen molar-refractivity contribution in [1.82, 2.24) is 4.98 Å². The van der Waals surface area contributed by atoms with Crippen molar-refractivity contribution in [2.75, 3.05) is 0 Å². The van der Waals surface area contributed by atoms with E-state index in [1.54, 1.807) is 0 Å². The Labute approximate surface area is 128 Å². The fourth-order valence-corrected chi connectivity index (χ4v) is 4.18. The number of aromatic nitrogens is 1. The number of rotatable bonds is 0. The van der Waals surface area contributed by atoms with Gasteiger partial charge in [0.25, 0.3) is 0 Å². The van der Waals surface area contributed by atoms with Gasteiger partial charge >= 0.3 is 0 Å². The Morgan fingerprint density at radius 2 is 1.41 bits per heavy atom. The van der Waals surface area contributed by atoms with E-state index in [4.69, 9.17) is 0 Å². The standard InChI is InChI=1S/C20H13NO/c22-18-12-20(15-8-3-1-6-13(15)18)16-9-4-2-7-14(16)19-17(20)10-5-11-21-19/h1-11H,12H2. The van der Waals surface area contributed by atoms with E-state index in [0.717, 1.165) is 27.9 Å². The van der Waals surface area contributed by atoms with Crippen LogP contribution in [-0.2, 0) is 5.41 Å². The lowest BCUT2D eigenvalue weighted by Crippen LogP contribution is -2.24. The molecule has 0 N–H and O–H groups in total. The minimum atomic E-state index is -0.353. The normalized spacial score (nSPS) is 20.8. The van der Waals surface area contributed by atoms with E-state index in [9.17, 15) is 4.79 Å². The Kier molecular flexibility index (Phi) is 2.11. The van der Waals surface area contributed by atoms with Crippen LogP contribution in [0.4, 0.5) is 0 Å². The lowest BCUT2D eigenvalue weighted by atomic mass is 9.74. The summed E-state index contributed by atoms with van der Waals surface area (Å²) in [5.74, 6) is 0.224. The van der Waals surface area contributed by atoms with Gasteiger partial charge < -0.3 is 0 Å². The monoisotopic (exact) mass is 283 g/mol. The van der Waals surface area contributed by atoms with E-state index in [2.05, 4.69) is 35.3 Å². The quantitative estimate of drug-likeness (QED) is 0.624. The van der Waals surface area contributed by atoms with Crippen LogP contribution in [0, 0.1) is 0 Å². The fourth-order valence-electron chi connectivity index (χ4n) is 4.18. The first-order valence-corrected chi connectivity index (χ1v) is 7.50. The zero-order valence-electron chi connectivity index (χ0n) is 11.9. The Bertz CT molecular complexity index is 896. The largest absolute Gasteiger partial charge is 0.294 e. The molecule has 2 aliphatic rings. The summed E-state index contributed by atoms with van der Waals surface area (Å²) < 4.78 is 0. The van der Waals surface area contributed by atoms with Crippen LogP contribution < -0.4 is 0 Å². The minimum absolute atomic E-state index is 0.224. The molecule has 0 bridgehead atoms. The molecule has 22 heavy (non-hydrogen) atoms. The lowest BCUT2D eigenvalue weighted by Gasteiger charge is -2.27. The maximum atomic E-state index is 12.6. The second-order valence-corrected chi connectivity index (χ2v) is 6.00. The van der Waals surface area contributed by atoms with Gasteiger partial charge in [0, 0.05) is 23.7 Å². The van der Waals surface area contributed by atoms with Gasteiger partial charge in [-0.1, -0.05) is 54.6 Å². The maximum Gasteiger partial charge on any atom is 0.164 e. The molecule has 0 saturated carbocycles. The maximum absolute atomic E-state index is 12.6. The van der Waals surface area contributed by atoms with Crippen molar-refractivity contribution < 1.29 is 4.79 Å². The van der Waals surface area contributed by atoms with Crippen LogP contribution in [0.25, 0.3) is 11.3 Å². The number of benzene rings is 2. The van der Waals surface area contributed by atoms with E-state index < -0.39 is 0 Å². The summed E-state index contributed by atoms with van der Waals surface area (Å²) >= 11 is 0. The molecular weight excluding hydrogens is 270 g/mol. The van der Waals surface area contributed by atoms with Crippen molar-refractivity contribution in [3.8, 4) is 11.3 Å². The third-order valence-corrected chi connectivity index (χ3v) is 5.02. The molecule has 0 fully saturated rings. The van der Waals surface area contributed by atoms with Crippen LogP contribution in [0.2, 0.25) is 0 Å². The van der Waals surface area contributed by atoms with Crippen molar-refractivity contribution >= 4 is 5.78 Å². The third-order valence-electron chi connectivity index (χ3n) is 5.02. The van der Waals surface area contributed by atoms with Gasteiger partial charge in [0.2, 0.25) is 0 Å². The number of fused-ring (bicyclic) bond motifs is 7.